The number of aliphatic hydroxyl groups excluding tert-OH is 1. The first kappa shape index (κ1) is 13.3. The molecule has 0 aromatic heterocycles. The maximum atomic E-state index is 9.76. The molecule has 4 nitrogen and oxygen atoms in total. The van der Waals surface area contributed by atoms with Crippen LogP contribution in [0.25, 0.3) is 0 Å². The molecule has 0 spiro atoms. The minimum absolute atomic E-state index is 0.190. The number of rotatable bonds is 3. The van der Waals surface area contributed by atoms with Gasteiger partial charge in [0.1, 0.15) is 6.04 Å². The van der Waals surface area contributed by atoms with Crippen LogP contribution in [0.3, 0.4) is 0 Å². The molecule has 0 rings (SSSR count). The molecule has 0 heterocycles. The van der Waals surface area contributed by atoms with E-state index in [0.717, 1.165) is 6.42 Å². The molecule has 68 valence electrons. The summed E-state index contributed by atoms with van der Waals surface area (Å²) in [6.07, 6.45) is 0.875. The largest absolute Gasteiger partial charge is 0.480 e. The quantitative estimate of drug-likeness (QED) is 0.451. The number of hydrogen-bond donors (Lipinski definition) is 4. The maximum absolute atomic E-state index is 9.76. The molecule has 1 atom stereocenters. The summed E-state index contributed by atoms with van der Waals surface area (Å²) in [6.45, 7) is 2.25. The molecule has 0 aliphatic heterocycles. The summed E-state index contributed by atoms with van der Waals surface area (Å²) in [4.78, 5) is 9.76. The number of carboxylic acids is 1. The summed E-state index contributed by atoms with van der Waals surface area (Å²) >= 11 is 3.65. The molecule has 0 aliphatic carbocycles. The minimum atomic E-state index is -1.00. The Labute approximate surface area is 71.8 Å². The van der Waals surface area contributed by atoms with E-state index < -0.39 is 12.0 Å². The van der Waals surface area contributed by atoms with Crippen molar-refractivity contribution in [2.75, 3.05) is 12.4 Å². The lowest BCUT2D eigenvalue weighted by Gasteiger charge is -1.96. The number of carbonyl (C=O) groups is 1. The fraction of sp³-hybridized carbons (Fsp3) is 0.833. The van der Waals surface area contributed by atoms with E-state index in [0.29, 0.717) is 6.61 Å². The van der Waals surface area contributed by atoms with Crippen LogP contribution in [0.1, 0.15) is 13.3 Å². The Balaban J connectivity index is 0. The average molecular weight is 181 g/mol. The molecule has 0 radical (unpaired) electrons. The van der Waals surface area contributed by atoms with Gasteiger partial charge in [0.2, 0.25) is 0 Å². The third-order valence-electron chi connectivity index (χ3n) is 0.738. The Kier molecular flexibility index (Phi) is 11.8. The fourth-order valence-corrected chi connectivity index (χ4v) is 0.234. The second-order valence-electron chi connectivity index (χ2n) is 1.85. The van der Waals surface area contributed by atoms with E-state index >= 15 is 0 Å². The van der Waals surface area contributed by atoms with Crippen LogP contribution in [0.15, 0.2) is 0 Å². The van der Waals surface area contributed by atoms with E-state index in [-0.39, 0.29) is 5.75 Å². The first-order chi connectivity index (χ1) is 5.09. The molecular formula is C6H15NO3S. The third kappa shape index (κ3) is 12.8. The molecule has 4 N–H and O–H groups in total. The van der Waals surface area contributed by atoms with Crippen molar-refractivity contribution < 1.29 is 15.0 Å². The number of thiol groups is 1. The molecule has 0 bridgehead atoms. The van der Waals surface area contributed by atoms with Gasteiger partial charge in [0.05, 0.1) is 0 Å². The lowest BCUT2D eigenvalue weighted by molar-refractivity contribution is -0.137. The van der Waals surface area contributed by atoms with Crippen molar-refractivity contribution in [1.29, 1.82) is 0 Å². The van der Waals surface area contributed by atoms with Crippen molar-refractivity contribution in [2.45, 2.75) is 19.4 Å². The average Bonchev–Trinajstić information content (AvgIpc) is 2.03. The molecular weight excluding hydrogens is 166 g/mol. The van der Waals surface area contributed by atoms with E-state index in [1.165, 1.54) is 0 Å². The Morgan fingerprint density at radius 2 is 2.09 bits per heavy atom. The second-order valence-corrected chi connectivity index (χ2v) is 2.22. The second kappa shape index (κ2) is 9.74. The van der Waals surface area contributed by atoms with Crippen LogP contribution in [0.4, 0.5) is 0 Å². The van der Waals surface area contributed by atoms with Crippen molar-refractivity contribution in [3.8, 4) is 0 Å². The Morgan fingerprint density at radius 1 is 1.73 bits per heavy atom. The van der Waals surface area contributed by atoms with E-state index in [2.05, 4.69) is 12.6 Å². The molecule has 1 unspecified atom stereocenters. The number of aliphatic hydroxyl groups is 1. The number of hydrogen-bond acceptors (Lipinski definition) is 4. The van der Waals surface area contributed by atoms with E-state index in [1.54, 1.807) is 0 Å². The van der Waals surface area contributed by atoms with Crippen LogP contribution in [0.5, 0.6) is 0 Å². The zero-order valence-electron chi connectivity index (χ0n) is 6.53. The molecule has 0 amide bonds. The topological polar surface area (TPSA) is 83.5 Å². The monoisotopic (exact) mass is 181 g/mol. The number of aliphatic carboxylic acids is 1. The highest BCUT2D eigenvalue weighted by molar-refractivity contribution is 7.80. The first-order valence-electron chi connectivity index (χ1n) is 3.30. The van der Waals surface area contributed by atoms with E-state index in [4.69, 9.17) is 15.9 Å². The summed E-state index contributed by atoms with van der Waals surface area (Å²) in [5, 5.41) is 15.9. The van der Waals surface area contributed by atoms with Crippen LogP contribution in [-0.2, 0) is 4.79 Å². The summed E-state index contributed by atoms with van der Waals surface area (Å²) < 4.78 is 0. The van der Waals surface area contributed by atoms with Gasteiger partial charge in [-0.25, -0.2) is 0 Å². The SMILES string of the molecule is CCCO.NC(CS)C(=O)O. The highest BCUT2D eigenvalue weighted by Crippen LogP contribution is 1.80. The molecule has 5 heteroatoms. The molecule has 0 saturated heterocycles. The molecule has 0 aliphatic rings. The van der Waals surface area contributed by atoms with Gasteiger partial charge in [-0.1, -0.05) is 6.92 Å². The van der Waals surface area contributed by atoms with Gasteiger partial charge in [-0.2, -0.15) is 12.6 Å². The predicted molar refractivity (Wildman–Crippen MR) is 46.8 cm³/mol. The number of carboxylic acid groups (broad SMARTS) is 1. The molecule has 0 saturated carbocycles. The summed E-state index contributed by atoms with van der Waals surface area (Å²) in [5.74, 6) is -0.815. The molecule has 11 heavy (non-hydrogen) atoms. The van der Waals surface area contributed by atoms with Gasteiger partial charge in [0.25, 0.3) is 0 Å². The van der Waals surface area contributed by atoms with Gasteiger partial charge < -0.3 is 15.9 Å². The first-order valence-corrected chi connectivity index (χ1v) is 3.93. The van der Waals surface area contributed by atoms with Crippen LogP contribution in [0, 0.1) is 0 Å². The Morgan fingerprint density at radius 3 is 2.09 bits per heavy atom. The van der Waals surface area contributed by atoms with Crippen LogP contribution >= 0.6 is 12.6 Å². The molecule has 0 fully saturated rings. The van der Waals surface area contributed by atoms with Gasteiger partial charge in [0.15, 0.2) is 0 Å². The Bertz CT molecular complexity index is 97.8. The minimum Gasteiger partial charge on any atom is -0.480 e. The summed E-state index contributed by atoms with van der Waals surface area (Å²) in [7, 11) is 0. The Hall–Kier alpha value is -0.260. The predicted octanol–water partition coefficient (Wildman–Crippen LogP) is -0.283. The number of nitrogens with two attached hydrogens (primary N) is 1. The highest BCUT2D eigenvalue weighted by Gasteiger charge is 2.06. The fourth-order valence-electron chi connectivity index (χ4n) is 0.0781. The van der Waals surface area contributed by atoms with Crippen molar-refractivity contribution >= 4 is 18.6 Å². The third-order valence-corrected chi connectivity index (χ3v) is 1.13. The van der Waals surface area contributed by atoms with E-state index in [1.807, 2.05) is 6.92 Å². The van der Waals surface area contributed by atoms with Crippen LogP contribution in [0.2, 0.25) is 0 Å². The van der Waals surface area contributed by atoms with Gasteiger partial charge in [-0.3, -0.25) is 4.79 Å². The standard InChI is InChI=1S/C3H7NO2S.C3H8O/c4-2(1-7)3(5)6;1-2-3-4/h2,7H,1,4H2,(H,5,6);4H,2-3H2,1H3. The normalized spacial score (nSPS) is 11.3. The van der Waals surface area contributed by atoms with Gasteiger partial charge >= 0.3 is 5.97 Å². The lowest BCUT2D eigenvalue weighted by atomic mass is 10.4. The van der Waals surface area contributed by atoms with Gasteiger partial charge in [0, 0.05) is 12.4 Å². The highest BCUT2D eigenvalue weighted by atomic mass is 32.1. The van der Waals surface area contributed by atoms with Crippen LogP contribution in [-0.4, -0.2) is 34.6 Å². The summed E-state index contributed by atoms with van der Waals surface area (Å²) in [5.41, 5.74) is 4.94. The summed E-state index contributed by atoms with van der Waals surface area (Å²) in [6, 6.07) is -0.816. The van der Waals surface area contributed by atoms with E-state index in [9.17, 15) is 4.79 Å². The van der Waals surface area contributed by atoms with Gasteiger partial charge in [-0.05, 0) is 6.42 Å². The molecule has 0 aromatic rings. The maximum Gasteiger partial charge on any atom is 0.321 e. The zero-order chi connectivity index (χ0) is 9.28. The molecule has 0 aromatic carbocycles. The van der Waals surface area contributed by atoms with Crippen molar-refractivity contribution in [3.63, 3.8) is 0 Å². The van der Waals surface area contributed by atoms with Crippen molar-refractivity contribution in [2.24, 2.45) is 5.73 Å². The zero-order valence-corrected chi connectivity index (χ0v) is 7.42. The smallest absolute Gasteiger partial charge is 0.321 e. The van der Waals surface area contributed by atoms with Crippen molar-refractivity contribution in [1.82, 2.24) is 0 Å². The van der Waals surface area contributed by atoms with Crippen molar-refractivity contribution in [3.05, 3.63) is 0 Å². The van der Waals surface area contributed by atoms with Gasteiger partial charge in [-0.15, -0.1) is 0 Å². The lowest BCUT2D eigenvalue weighted by Crippen LogP contribution is -2.31. The van der Waals surface area contributed by atoms with Crippen LogP contribution < -0.4 is 5.73 Å².